The molecule has 0 saturated heterocycles. The molecule has 4 nitrogen and oxygen atoms in total. The summed E-state index contributed by atoms with van der Waals surface area (Å²) in [6.07, 6.45) is 10.9. The van der Waals surface area contributed by atoms with Gasteiger partial charge in [0.15, 0.2) is 0 Å². The van der Waals surface area contributed by atoms with E-state index in [2.05, 4.69) is 12.2 Å². The van der Waals surface area contributed by atoms with Gasteiger partial charge in [-0.15, -0.1) is 11.3 Å². The molecule has 144 valence electrons. The molecule has 5 heteroatoms. The van der Waals surface area contributed by atoms with Crippen molar-refractivity contribution in [1.29, 1.82) is 0 Å². The van der Waals surface area contributed by atoms with Crippen molar-refractivity contribution >= 4 is 28.2 Å². The topological polar surface area (TPSA) is 55.4 Å². The van der Waals surface area contributed by atoms with Crippen molar-refractivity contribution in [2.75, 3.05) is 11.9 Å². The lowest BCUT2D eigenvalue weighted by Crippen LogP contribution is -2.25. The summed E-state index contributed by atoms with van der Waals surface area (Å²) in [5.41, 5.74) is 1.76. The fourth-order valence-electron chi connectivity index (χ4n) is 4.39. The van der Waals surface area contributed by atoms with Crippen LogP contribution in [0.15, 0.2) is 0 Å². The molecule has 0 unspecified atom stereocenters. The zero-order valence-electron chi connectivity index (χ0n) is 16.1. The molecule has 0 aliphatic heterocycles. The van der Waals surface area contributed by atoms with E-state index in [1.807, 2.05) is 6.92 Å². The largest absolute Gasteiger partial charge is 0.462 e. The average Bonchev–Trinajstić information content (AvgIpc) is 3.00. The Bertz CT molecular complexity index is 646. The molecule has 1 aromatic rings. The van der Waals surface area contributed by atoms with Crippen molar-refractivity contribution in [1.82, 2.24) is 0 Å². The van der Waals surface area contributed by atoms with Gasteiger partial charge in [-0.05, 0) is 50.5 Å². The van der Waals surface area contributed by atoms with E-state index < -0.39 is 0 Å². The molecule has 1 fully saturated rings. The highest BCUT2D eigenvalue weighted by atomic mass is 32.1. The monoisotopic (exact) mass is 377 g/mol. The van der Waals surface area contributed by atoms with Gasteiger partial charge in [0, 0.05) is 10.8 Å². The molecule has 0 spiro atoms. The SMILES string of the molecule is CCC[C@@H]1CCc2c(sc(NC(=O)C3CCCCC3)c2C(=O)OCC)C1. The molecule has 0 aromatic carbocycles. The predicted molar refractivity (Wildman–Crippen MR) is 106 cm³/mol. The summed E-state index contributed by atoms with van der Waals surface area (Å²) in [6, 6.07) is 0. The van der Waals surface area contributed by atoms with Crippen LogP contribution < -0.4 is 5.32 Å². The number of thiophene rings is 1. The van der Waals surface area contributed by atoms with Crippen LogP contribution in [0, 0.1) is 11.8 Å². The van der Waals surface area contributed by atoms with Crippen LogP contribution in [0.5, 0.6) is 0 Å². The fourth-order valence-corrected chi connectivity index (χ4v) is 5.75. The second-order valence-electron chi connectivity index (χ2n) is 7.65. The van der Waals surface area contributed by atoms with Gasteiger partial charge < -0.3 is 10.1 Å². The Hall–Kier alpha value is -1.36. The molecule has 2 aliphatic rings. The van der Waals surface area contributed by atoms with Gasteiger partial charge >= 0.3 is 5.97 Å². The molecule has 1 N–H and O–H groups in total. The lowest BCUT2D eigenvalue weighted by atomic mass is 9.84. The normalized spacial score (nSPS) is 20.5. The molecular weight excluding hydrogens is 346 g/mol. The Morgan fingerprint density at radius 2 is 1.92 bits per heavy atom. The van der Waals surface area contributed by atoms with Gasteiger partial charge in [0.05, 0.1) is 12.2 Å². The summed E-state index contributed by atoms with van der Waals surface area (Å²) >= 11 is 1.61. The van der Waals surface area contributed by atoms with Gasteiger partial charge in [-0.1, -0.05) is 39.0 Å². The van der Waals surface area contributed by atoms with Gasteiger partial charge in [0.25, 0.3) is 0 Å². The Balaban J connectivity index is 1.83. The van der Waals surface area contributed by atoms with E-state index in [1.54, 1.807) is 11.3 Å². The highest BCUT2D eigenvalue weighted by Crippen LogP contribution is 2.41. The van der Waals surface area contributed by atoms with Crippen molar-refractivity contribution in [2.24, 2.45) is 11.8 Å². The number of esters is 1. The minimum atomic E-state index is -0.280. The van der Waals surface area contributed by atoms with E-state index in [4.69, 9.17) is 4.74 Å². The number of hydrogen-bond acceptors (Lipinski definition) is 4. The summed E-state index contributed by atoms with van der Waals surface area (Å²) in [4.78, 5) is 26.6. The van der Waals surface area contributed by atoms with Crippen molar-refractivity contribution in [3.63, 3.8) is 0 Å². The van der Waals surface area contributed by atoms with Gasteiger partial charge in [0.1, 0.15) is 5.00 Å². The first-order valence-corrected chi connectivity index (χ1v) is 11.1. The summed E-state index contributed by atoms with van der Waals surface area (Å²) in [5.74, 6) is 0.589. The Morgan fingerprint density at radius 3 is 2.62 bits per heavy atom. The molecule has 1 heterocycles. The van der Waals surface area contributed by atoms with E-state index in [-0.39, 0.29) is 17.8 Å². The number of hydrogen-bond donors (Lipinski definition) is 1. The molecule has 1 atom stereocenters. The first kappa shape index (κ1) is 19.4. The van der Waals surface area contributed by atoms with E-state index in [0.29, 0.717) is 18.1 Å². The standard InChI is InChI=1S/C21H31NO3S/c1-3-8-14-11-12-16-17(13-14)26-20(18(16)21(24)25-4-2)22-19(23)15-9-6-5-7-10-15/h14-15H,3-13H2,1-2H3,(H,22,23)/t14-/m1/s1. The van der Waals surface area contributed by atoms with Crippen LogP contribution >= 0.6 is 11.3 Å². The zero-order chi connectivity index (χ0) is 18.5. The number of ether oxygens (including phenoxy) is 1. The minimum absolute atomic E-state index is 0.0824. The van der Waals surface area contributed by atoms with Crippen LogP contribution in [0.2, 0.25) is 0 Å². The van der Waals surface area contributed by atoms with Crippen LogP contribution in [-0.2, 0) is 22.4 Å². The summed E-state index contributed by atoms with van der Waals surface area (Å²) in [6.45, 7) is 4.41. The van der Waals surface area contributed by atoms with E-state index in [1.165, 1.54) is 24.1 Å². The van der Waals surface area contributed by atoms with Crippen molar-refractivity contribution in [3.05, 3.63) is 16.0 Å². The Morgan fingerprint density at radius 1 is 1.15 bits per heavy atom. The molecule has 1 saturated carbocycles. The van der Waals surface area contributed by atoms with Crippen molar-refractivity contribution in [3.8, 4) is 0 Å². The third-order valence-electron chi connectivity index (χ3n) is 5.76. The molecule has 3 rings (SSSR count). The summed E-state index contributed by atoms with van der Waals surface area (Å²) < 4.78 is 5.31. The smallest absolute Gasteiger partial charge is 0.341 e. The van der Waals surface area contributed by atoms with E-state index in [9.17, 15) is 9.59 Å². The van der Waals surface area contributed by atoms with E-state index in [0.717, 1.165) is 55.5 Å². The number of amides is 1. The van der Waals surface area contributed by atoms with Gasteiger partial charge in [-0.3, -0.25) is 4.79 Å². The lowest BCUT2D eigenvalue weighted by Gasteiger charge is -2.22. The maximum absolute atomic E-state index is 12.7. The fraction of sp³-hybridized carbons (Fsp3) is 0.714. The van der Waals surface area contributed by atoms with Gasteiger partial charge in [-0.2, -0.15) is 0 Å². The first-order valence-electron chi connectivity index (χ1n) is 10.3. The molecule has 2 aliphatic carbocycles. The molecule has 0 radical (unpaired) electrons. The summed E-state index contributed by atoms with van der Waals surface area (Å²) in [7, 11) is 0. The maximum Gasteiger partial charge on any atom is 0.341 e. The number of carbonyl (C=O) groups is 2. The maximum atomic E-state index is 12.7. The van der Waals surface area contributed by atoms with Crippen LogP contribution in [0.3, 0.4) is 0 Å². The minimum Gasteiger partial charge on any atom is -0.462 e. The quantitative estimate of drug-likeness (QED) is 0.680. The van der Waals surface area contributed by atoms with Crippen LogP contribution in [0.1, 0.15) is 86.0 Å². The first-order chi connectivity index (χ1) is 12.6. The third-order valence-corrected chi connectivity index (χ3v) is 6.93. The number of anilines is 1. The summed E-state index contributed by atoms with van der Waals surface area (Å²) in [5, 5.41) is 3.83. The number of nitrogens with one attached hydrogen (secondary N) is 1. The number of fused-ring (bicyclic) bond motifs is 1. The zero-order valence-corrected chi connectivity index (χ0v) is 16.9. The van der Waals surface area contributed by atoms with Crippen LogP contribution in [0.25, 0.3) is 0 Å². The van der Waals surface area contributed by atoms with Gasteiger partial charge in [0.2, 0.25) is 5.91 Å². The second-order valence-corrected chi connectivity index (χ2v) is 8.76. The second kappa shape index (κ2) is 9.03. The molecular formula is C21H31NO3S. The number of carbonyl (C=O) groups excluding carboxylic acids is 2. The molecule has 26 heavy (non-hydrogen) atoms. The highest BCUT2D eigenvalue weighted by Gasteiger charge is 2.31. The van der Waals surface area contributed by atoms with Crippen molar-refractivity contribution in [2.45, 2.75) is 78.1 Å². The third kappa shape index (κ3) is 4.30. The molecule has 1 amide bonds. The molecule has 1 aromatic heterocycles. The average molecular weight is 378 g/mol. The van der Waals surface area contributed by atoms with Crippen molar-refractivity contribution < 1.29 is 14.3 Å². The Kier molecular flexibility index (Phi) is 6.74. The predicted octanol–water partition coefficient (Wildman–Crippen LogP) is 5.35. The highest BCUT2D eigenvalue weighted by molar-refractivity contribution is 7.17. The Labute approximate surface area is 160 Å². The number of rotatable bonds is 6. The lowest BCUT2D eigenvalue weighted by molar-refractivity contribution is -0.120. The van der Waals surface area contributed by atoms with Crippen LogP contribution in [0.4, 0.5) is 5.00 Å². The molecule has 0 bridgehead atoms. The van der Waals surface area contributed by atoms with E-state index >= 15 is 0 Å². The van der Waals surface area contributed by atoms with Crippen LogP contribution in [-0.4, -0.2) is 18.5 Å². The van der Waals surface area contributed by atoms with Gasteiger partial charge in [-0.25, -0.2) is 4.79 Å².